The number of pyridine rings is 1. The van der Waals surface area contributed by atoms with E-state index in [9.17, 15) is 30.3 Å². The van der Waals surface area contributed by atoms with E-state index in [2.05, 4.69) is 5.32 Å². The molecule has 10 nitrogen and oxygen atoms in total. The van der Waals surface area contributed by atoms with Crippen LogP contribution in [0.25, 0.3) is 0 Å². The number of hydrogen-bond donors (Lipinski definition) is 3. The maximum atomic E-state index is 11.6. The molecule has 138 valence electrons. The van der Waals surface area contributed by atoms with Gasteiger partial charge in [-0.15, -0.1) is 0 Å². The van der Waals surface area contributed by atoms with Gasteiger partial charge in [0.25, 0.3) is 5.69 Å². The Labute approximate surface area is 148 Å². The van der Waals surface area contributed by atoms with Gasteiger partial charge in [0.15, 0.2) is 12.4 Å². The van der Waals surface area contributed by atoms with Crippen molar-refractivity contribution < 1.29 is 29.4 Å². The second kappa shape index (κ2) is 8.74. The summed E-state index contributed by atoms with van der Waals surface area (Å²) in [5, 5.41) is 44.5. The first-order chi connectivity index (χ1) is 12.4. The van der Waals surface area contributed by atoms with E-state index in [1.54, 1.807) is 24.3 Å². The summed E-state index contributed by atoms with van der Waals surface area (Å²) in [6.07, 6.45) is -2.46. The fourth-order valence-electron chi connectivity index (χ4n) is 2.16. The number of benzene rings is 1. The van der Waals surface area contributed by atoms with Crippen molar-refractivity contribution in [1.82, 2.24) is 5.32 Å². The molecule has 1 aromatic carbocycles. The molecule has 0 fully saturated rings. The summed E-state index contributed by atoms with van der Waals surface area (Å²) in [5.74, 6) is 0. The quantitative estimate of drug-likeness (QED) is 0.281. The molecular formula is C16H17N3O7. The minimum atomic E-state index is -1.74. The van der Waals surface area contributed by atoms with E-state index < -0.39 is 35.5 Å². The molecule has 2 rings (SSSR count). The van der Waals surface area contributed by atoms with Crippen LogP contribution in [0.5, 0.6) is 0 Å². The number of ether oxygens (including phenoxy) is 1. The van der Waals surface area contributed by atoms with Crippen LogP contribution in [0.4, 0.5) is 10.5 Å². The Morgan fingerprint density at radius 2 is 1.96 bits per heavy atom. The minimum absolute atomic E-state index is 0.0195. The summed E-state index contributed by atoms with van der Waals surface area (Å²) < 4.78 is 5.20. The molecule has 0 bridgehead atoms. The second-order valence-corrected chi connectivity index (χ2v) is 5.36. The third kappa shape index (κ3) is 5.13. The Morgan fingerprint density at radius 1 is 1.27 bits per heavy atom. The Hall–Kier alpha value is -3.24. The van der Waals surface area contributed by atoms with Gasteiger partial charge in [-0.25, -0.2) is 4.79 Å². The summed E-state index contributed by atoms with van der Waals surface area (Å²) in [6.45, 7) is -0.411. The van der Waals surface area contributed by atoms with Gasteiger partial charge in [-0.1, -0.05) is 30.3 Å². The van der Waals surface area contributed by atoms with E-state index in [0.717, 1.165) is 24.0 Å². The zero-order valence-corrected chi connectivity index (χ0v) is 13.5. The number of carbonyl (C=O) groups excluding carboxylic acids is 1. The highest BCUT2D eigenvalue weighted by atomic mass is 16.6. The SMILES string of the molecule is O=C(NCC(O)C(O)c1c[n+]([O-])ccc1[N+](=O)[O-])OCc1ccccc1. The molecule has 0 spiro atoms. The van der Waals surface area contributed by atoms with Crippen molar-refractivity contribution >= 4 is 11.8 Å². The van der Waals surface area contributed by atoms with Gasteiger partial charge in [-0.05, 0) is 5.56 Å². The summed E-state index contributed by atoms with van der Waals surface area (Å²) in [7, 11) is 0. The standard InChI is InChI=1S/C16H17N3O7/c20-14(8-17-16(22)26-10-11-4-2-1-3-5-11)15(21)12-9-18(23)7-6-13(12)19(24)25/h1-7,9,14-15,20-21H,8,10H2,(H,17,22). The van der Waals surface area contributed by atoms with E-state index in [0.29, 0.717) is 0 Å². The van der Waals surface area contributed by atoms with E-state index in [1.165, 1.54) is 0 Å². The molecule has 1 amide bonds. The van der Waals surface area contributed by atoms with Crippen molar-refractivity contribution in [3.05, 3.63) is 75.2 Å². The smallest absolute Gasteiger partial charge is 0.407 e. The van der Waals surface area contributed by atoms with E-state index in [1.807, 2.05) is 6.07 Å². The highest BCUT2D eigenvalue weighted by Crippen LogP contribution is 2.25. The van der Waals surface area contributed by atoms with Gasteiger partial charge in [0.1, 0.15) is 24.4 Å². The molecule has 0 aliphatic rings. The zero-order valence-electron chi connectivity index (χ0n) is 13.5. The minimum Gasteiger partial charge on any atom is -0.619 e. The predicted molar refractivity (Wildman–Crippen MR) is 87.7 cm³/mol. The number of aromatic nitrogens is 1. The molecule has 0 aliphatic carbocycles. The van der Waals surface area contributed by atoms with E-state index >= 15 is 0 Å². The van der Waals surface area contributed by atoms with E-state index in [-0.39, 0.29) is 16.9 Å². The van der Waals surface area contributed by atoms with Crippen molar-refractivity contribution in [3.8, 4) is 0 Å². The van der Waals surface area contributed by atoms with Crippen molar-refractivity contribution in [1.29, 1.82) is 0 Å². The van der Waals surface area contributed by atoms with Gasteiger partial charge < -0.3 is 25.5 Å². The fraction of sp³-hybridized carbons (Fsp3) is 0.250. The van der Waals surface area contributed by atoms with Crippen molar-refractivity contribution in [2.75, 3.05) is 6.54 Å². The molecule has 1 aromatic heterocycles. The van der Waals surface area contributed by atoms with Crippen LogP contribution in [0, 0.1) is 15.3 Å². The highest BCUT2D eigenvalue weighted by Gasteiger charge is 2.29. The maximum absolute atomic E-state index is 11.6. The number of hydrogen-bond acceptors (Lipinski definition) is 7. The third-order valence-electron chi connectivity index (χ3n) is 3.49. The number of aliphatic hydroxyl groups is 2. The molecule has 0 saturated heterocycles. The van der Waals surface area contributed by atoms with Gasteiger partial charge in [0.2, 0.25) is 0 Å². The van der Waals surface area contributed by atoms with Crippen molar-refractivity contribution in [2.24, 2.45) is 0 Å². The molecule has 0 saturated carbocycles. The third-order valence-corrected chi connectivity index (χ3v) is 3.49. The number of nitrogens with zero attached hydrogens (tertiary/aromatic N) is 2. The van der Waals surface area contributed by atoms with Crippen molar-refractivity contribution in [2.45, 2.75) is 18.8 Å². The molecule has 26 heavy (non-hydrogen) atoms. The fourth-order valence-corrected chi connectivity index (χ4v) is 2.16. The van der Waals surface area contributed by atoms with Gasteiger partial charge in [0, 0.05) is 6.54 Å². The number of aliphatic hydroxyl groups excluding tert-OH is 2. The molecule has 0 radical (unpaired) electrons. The van der Waals surface area contributed by atoms with Crippen LogP contribution in [0.1, 0.15) is 17.2 Å². The number of amides is 1. The van der Waals surface area contributed by atoms with Gasteiger partial charge >= 0.3 is 6.09 Å². The van der Waals surface area contributed by atoms with Crippen LogP contribution < -0.4 is 10.0 Å². The van der Waals surface area contributed by atoms with E-state index in [4.69, 9.17) is 4.74 Å². The first-order valence-corrected chi connectivity index (χ1v) is 7.56. The Bertz CT molecular complexity index is 770. The largest absolute Gasteiger partial charge is 0.619 e. The van der Waals surface area contributed by atoms with Gasteiger partial charge in [-0.3, -0.25) is 10.1 Å². The zero-order chi connectivity index (χ0) is 19.1. The lowest BCUT2D eigenvalue weighted by Gasteiger charge is -2.17. The summed E-state index contributed by atoms with van der Waals surface area (Å²) in [4.78, 5) is 21.8. The number of nitrogens with one attached hydrogen (secondary N) is 1. The molecule has 1 heterocycles. The first-order valence-electron chi connectivity index (χ1n) is 7.56. The van der Waals surface area contributed by atoms with Crippen LogP contribution in [0.15, 0.2) is 48.8 Å². The average molecular weight is 363 g/mol. The molecule has 10 heteroatoms. The summed E-state index contributed by atoms with van der Waals surface area (Å²) in [6, 6.07) is 9.82. The molecular weight excluding hydrogens is 346 g/mol. The monoisotopic (exact) mass is 363 g/mol. The lowest BCUT2D eigenvalue weighted by molar-refractivity contribution is -0.606. The Kier molecular flexibility index (Phi) is 6.42. The average Bonchev–Trinajstić information content (AvgIpc) is 2.64. The predicted octanol–water partition coefficient (Wildman–Crippen LogP) is 0.549. The Morgan fingerprint density at radius 3 is 2.62 bits per heavy atom. The lowest BCUT2D eigenvalue weighted by atomic mass is 10.0. The second-order valence-electron chi connectivity index (χ2n) is 5.36. The number of nitro groups is 1. The Balaban J connectivity index is 1.91. The van der Waals surface area contributed by atoms with Crippen LogP contribution in [-0.2, 0) is 11.3 Å². The summed E-state index contributed by atoms with van der Waals surface area (Å²) >= 11 is 0. The normalized spacial score (nSPS) is 12.8. The van der Waals surface area contributed by atoms with Gasteiger partial charge in [0.05, 0.1) is 11.0 Å². The summed E-state index contributed by atoms with van der Waals surface area (Å²) in [5.41, 5.74) is -0.113. The maximum Gasteiger partial charge on any atom is 0.407 e. The van der Waals surface area contributed by atoms with Crippen LogP contribution in [0.2, 0.25) is 0 Å². The number of alkyl carbamates (subject to hydrolysis) is 1. The molecule has 2 unspecified atom stereocenters. The number of carbonyl (C=O) groups is 1. The van der Waals surface area contributed by atoms with Crippen molar-refractivity contribution in [3.63, 3.8) is 0 Å². The van der Waals surface area contributed by atoms with Crippen LogP contribution >= 0.6 is 0 Å². The molecule has 0 aliphatic heterocycles. The molecule has 2 atom stereocenters. The van der Waals surface area contributed by atoms with Crippen LogP contribution in [0.3, 0.4) is 0 Å². The van der Waals surface area contributed by atoms with Crippen LogP contribution in [-0.4, -0.2) is 33.9 Å². The lowest BCUT2D eigenvalue weighted by Crippen LogP contribution is -2.37. The number of rotatable bonds is 7. The van der Waals surface area contributed by atoms with Gasteiger partial charge in [-0.2, -0.15) is 4.73 Å². The molecule has 2 aromatic rings. The highest BCUT2D eigenvalue weighted by molar-refractivity contribution is 5.67. The molecule has 3 N–H and O–H groups in total. The topological polar surface area (TPSA) is 149 Å². The first kappa shape index (κ1) is 19.1.